The van der Waals surface area contributed by atoms with Crippen LogP contribution in [0.15, 0.2) is 24.3 Å². The lowest BCUT2D eigenvalue weighted by Crippen LogP contribution is -2.45. The Labute approximate surface area is 121 Å². The van der Waals surface area contributed by atoms with E-state index >= 15 is 0 Å². The molecule has 116 valence electrons. The number of hydrogen-bond donors (Lipinski definition) is 2. The third-order valence-corrected chi connectivity index (χ3v) is 3.69. The van der Waals surface area contributed by atoms with Crippen LogP contribution >= 0.6 is 0 Å². The van der Waals surface area contributed by atoms with Gasteiger partial charge < -0.3 is 10.4 Å². The van der Waals surface area contributed by atoms with Crippen molar-refractivity contribution < 1.29 is 23.1 Å². The van der Waals surface area contributed by atoms with Crippen molar-refractivity contribution >= 4 is 5.91 Å². The van der Waals surface area contributed by atoms with E-state index in [4.69, 9.17) is 0 Å². The van der Waals surface area contributed by atoms with Crippen molar-refractivity contribution in [1.29, 1.82) is 0 Å². The molecule has 1 aliphatic rings. The van der Waals surface area contributed by atoms with Gasteiger partial charge in [-0.2, -0.15) is 13.2 Å². The lowest BCUT2D eigenvalue weighted by atomic mass is 9.92. The van der Waals surface area contributed by atoms with Gasteiger partial charge in [-0.25, -0.2) is 0 Å². The number of hydrogen-bond acceptors (Lipinski definition) is 2. The summed E-state index contributed by atoms with van der Waals surface area (Å²) in [6.45, 7) is 0. The molecule has 0 bridgehead atoms. The molecule has 0 aliphatic heterocycles. The lowest BCUT2D eigenvalue weighted by Gasteiger charge is -2.28. The standard InChI is InChI=1S/C15H18F3NO2/c16-15(17,18)11-5-3-4-10(8-11)9-14(21)19-12-6-1-2-7-13(12)20/h3-5,8,12-13,20H,1-2,6-7,9H2,(H,19,21)/t12-,13-/m0/s1. The molecule has 0 spiro atoms. The van der Waals surface area contributed by atoms with Crippen LogP contribution in [0.1, 0.15) is 36.8 Å². The third-order valence-electron chi connectivity index (χ3n) is 3.69. The van der Waals surface area contributed by atoms with Crippen molar-refractivity contribution in [3.63, 3.8) is 0 Å². The molecule has 1 aromatic rings. The second kappa shape index (κ2) is 6.47. The van der Waals surface area contributed by atoms with Gasteiger partial charge in [-0.3, -0.25) is 4.79 Å². The number of carbonyl (C=O) groups is 1. The SMILES string of the molecule is O=C(Cc1cccc(C(F)(F)F)c1)N[C@H]1CCCC[C@@H]1O. The Morgan fingerprint density at radius 3 is 2.67 bits per heavy atom. The molecule has 1 aromatic carbocycles. The first-order valence-corrected chi connectivity index (χ1v) is 7.00. The second-order valence-corrected chi connectivity index (χ2v) is 5.40. The molecule has 0 saturated heterocycles. The quantitative estimate of drug-likeness (QED) is 0.902. The molecule has 1 aliphatic carbocycles. The van der Waals surface area contributed by atoms with Gasteiger partial charge in [-0.15, -0.1) is 0 Å². The van der Waals surface area contributed by atoms with E-state index < -0.39 is 17.8 Å². The van der Waals surface area contributed by atoms with Crippen molar-refractivity contribution in [2.45, 2.75) is 50.4 Å². The van der Waals surface area contributed by atoms with Gasteiger partial charge in [0.15, 0.2) is 0 Å². The molecule has 2 rings (SSSR count). The molecule has 21 heavy (non-hydrogen) atoms. The Bertz CT molecular complexity index is 502. The molecule has 1 amide bonds. The van der Waals surface area contributed by atoms with Crippen LogP contribution in [0.25, 0.3) is 0 Å². The van der Waals surface area contributed by atoms with Crippen LogP contribution in [-0.4, -0.2) is 23.2 Å². The molecule has 1 saturated carbocycles. The molecular weight excluding hydrogens is 283 g/mol. The number of amides is 1. The van der Waals surface area contributed by atoms with E-state index in [1.807, 2.05) is 0 Å². The van der Waals surface area contributed by atoms with E-state index in [2.05, 4.69) is 5.32 Å². The van der Waals surface area contributed by atoms with Gasteiger partial charge >= 0.3 is 6.18 Å². The molecule has 1 fully saturated rings. The van der Waals surface area contributed by atoms with Gasteiger partial charge in [0.1, 0.15) is 0 Å². The summed E-state index contributed by atoms with van der Waals surface area (Å²) in [5, 5.41) is 12.5. The molecule has 0 aromatic heterocycles. The summed E-state index contributed by atoms with van der Waals surface area (Å²) in [6, 6.07) is 4.45. The van der Waals surface area contributed by atoms with Crippen LogP contribution in [0.4, 0.5) is 13.2 Å². The van der Waals surface area contributed by atoms with E-state index in [0.717, 1.165) is 25.0 Å². The number of benzene rings is 1. The van der Waals surface area contributed by atoms with Crippen molar-refractivity contribution in [2.24, 2.45) is 0 Å². The molecule has 6 heteroatoms. The smallest absolute Gasteiger partial charge is 0.391 e. The summed E-state index contributed by atoms with van der Waals surface area (Å²) in [5.41, 5.74) is -0.446. The molecule has 3 nitrogen and oxygen atoms in total. The summed E-state index contributed by atoms with van der Waals surface area (Å²) in [7, 11) is 0. The molecule has 0 heterocycles. The summed E-state index contributed by atoms with van der Waals surface area (Å²) < 4.78 is 37.8. The van der Waals surface area contributed by atoms with Crippen molar-refractivity contribution in [1.82, 2.24) is 5.32 Å². The Hall–Kier alpha value is -1.56. The normalized spacial score (nSPS) is 22.9. The Morgan fingerprint density at radius 2 is 2.00 bits per heavy atom. The number of halogens is 3. The summed E-state index contributed by atoms with van der Waals surface area (Å²) in [6.07, 6.45) is -1.88. The maximum Gasteiger partial charge on any atom is 0.416 e. The Morgan fingerprint density at radius 1 is 1.29 bits per heavy atom. The van der Waals surface area contributed by atoms with E-state index in [0.29, 0.717) is 18.4 Å². The lowest BCUT2D eigenvalue weighted by molar-refractivity contribution is -0.137. The van der Waals surface area contributed by atoms with Gasteiger partial charge in [0.25, 0.3) is 0 Å². The van der Waals surface area contributed by atoms with Crippen LogP contribution in [0.3, 0.4) is 0 Å². The highest BCUT2D eigenvalue weighted by Gasteiger charge is 2.30. The zero-order valence-electron chi connectivity index (χ0n) is 11.5. The first-order chi connectivity index (χ1) is 9.86. The van der Waals surface area contributed by atoms with E-state index in [1.165, 1.54) is 12.1 Å². The van der Waals surface area contributed by atoms with Crippen LogP contribution in [0, 0.1) is 0 Å². The average Bonchev–Trinajstić information content (AvgIpc) is 2.41. The largest absolute Gasteiger partial charge is 0.416 e. The minimum Gasteiger partial charge on any atom is -0.391 e. The van der Waals surface area contributed by atoms with E-state index in [-0.39, 0.29) is 18.4 Å². The molecule has 2 atom stereocenters. The minimum atomic E-state index is -4.41. The highest BCUT2D eigenvalue weighted by molar-refractivity contribution is 5.79. The van der Waals surface area contributed by atoms with Crippen LogP contribution in [-0.2, 0) is 17.4 Å². The molecule has 0 radical (unpaired) electrons. The highest BCUT2D eigenvalue weighted by atomic mass is 19.4. The van der Waals surface area contributed by atoms with Gasteiger partial charge in [0, 0.05) is 0 Å². The van der Waals surface area contributed by atoms with Gasteiger partial charge in [-0.05, 0) is 24.5 Å². The monoisotopic (exact) mass is 301 g/mol. The number of aliphatic hydroxyl groups excluding tert-OH is 1. The fourth-order valence-corrected chi connectivity index (χ4v) is 2.58. The molecule has 2 N–H and O–H groups in total. The number of rotatable bonds is 3. The number of nitrogens with one attached hydrogen (secondary N) is 1. The maximum absolute atomic E-state index is 12.6. The zero-order chi connectivity index (χ0) is 15.5. The van der Waals surface area contributed by atoms with E-state index in [9.17, 15) is 23.1 Å². The topological polar surface area (TPSA) is 49.3 Å². The minimum absolute atomic E-state index is 0.118. The van der Waals surface area contributed by atoms with Gasteiger partial charge in [-0.1, -0.05) is 31.0 Å². The Balaban J connectivity index is 1.96. The second-order valence-electron chi connectivity index (χ2n) is 5.40. The fraction of sp³-hybridized carbons (Fsp3) is 0.533. The fourth-order valence-electron chi connectivity index (χ4n) is 2.58. The first kappa shape index (κ1) is 15.8. The molecular formula is C15H18F3NO2. The summed E-state index contributed by atoms with van der Waals surface area (Å²) in [4.78, 5) is 11.9. The summed E-state index contributed by atoms with van der Waals surface area (Å²) in [5.74, 6) is -0.361. The number of carbonyl (C=O) groups excluding carboxylic acids is 1. The van der Waals surface area contributed by atoms with Crippen molar-refractivity contribution in [3.05, 3.63) is 35.4 Å². The summed E-state index contributed by atoms with van der Waals surface area (Å²) >= 11 is 0. The van der Waals surface area contributed by atoms with E-state index in [1.54, 1.807) is 0 Å². The number of aliphatic hydroxyl groups is 1. The molecule has 0 unspecified atom stereocenters. The van der Waals surface area contributed by atoms with Gasteiger partial charge in [0.2, 0.25) is 5.91 Å². The average molecular weight is 301 g/mol. The number of alkyl halides is 3. The maximum atomic E-state index is 12.6. The highest BCUT2D eigenvalue weighted by Crippen LogP contribution is 2.29. The Kier molecular flexibility index (Phi) is 4.88. The third kappa shape index (κ3) is 4.46. The van der Waals surface area contributed by atoms with Crippen molar-refractivity contribution in [2.75, 3.05) is 0 Å². The predicted molar refractivity (Wildman–Crippen MR) is 71.6 cm³/mol. The van der Waals surface area contributed by atoms with Crippen LogP contribution in [0.5, 0.6) is 0 Å². The first-order valence-electron chi connectivity index (χ1n) is 7.00. The van der Waals surface area contributed by atoms with Crippen LogP contribution < -0.4 is 5.32 Å². The van der Waals surface area contributed by atoms with Crippen LogP contribution in [0.2, 0.25) is 0 Å². The zero-order valence-corrected chi connectivity index (χ0v) is 11.5. The predicted octanol–water partition coefficient (Wildman–Crippen LogP) is 2.67. The van der Waals surface area contributed by atoms with Gasteiger partial charge in [0.05, 0.1) is 24.1 Å². The van der Waals surface area contributed by atoms with Crippen molar-refractivity contribution in [3.8, 4) is 0 Å².